The van der Waals surface area contributed by atoms with Crippen LogP contribution in [0.25, 0.3) is 0 Å². The molecule has 1 aliphatic heterocycles. The van der Waals surface area contributed by atoms with E-state index in [1.54, 1.807) is 13.8 Å². The van der Waals surface area contributed by atoms with Crippen LogP contribution in [0.3, 0.4) is 0 Å². The lowest BCUT2D eigenvalue weighted by Crippen LogP contribution is -2.34. The molecule has 1 atom stereocenters. The first kappa shape index (κ1) is 15.8. The zero-order valence-electron chi connectivity index (χ0n) is 11.7. The number of rotatable bonds is 3. The average Bonchev–Trinajstić information content (AvgIpc) is 2.75. The first-order valence-corrected chi connectivity index (χ1v) is 6.45. The molecular weight excluding hydrogens is 287 g/mol. The van der Waals surface area contributed by atoms with Crippen LogP contribution in [-0.2, 0) is 15.7 Å². The first-order valence-electron chi connectivity index (χ1n) is 6.45. The van der Waals surface area contributed by atoms with Crippen molar-refractivity contribution in [3.05, 3.63) is 35.4 Å². The summed E-state index contributed by atoms with van der Waals surface area (Å²) in [6.07, 6.45) is -4.67. The van der Waals surface area contributed by atoms with E-state index in [4.69, 9.17) is 9.47 Å². The van der Waals surface area contributed by atoms with E-state index in [1.165, 1.54) is 0 Å². The molecule has 0 aromatic heterocycles. The van der Waals surface area contributed by atoms with Gasteiger partial charge in [-0.2, -0.15) is 13.2 Å². The molecule has 0 saturated carbocycles. The maximum absolute atomic E-state index is 12.4. The van der Waals surface area contributed by atoms with Crippen LogP contribution >= 0.6 is 0 Å². The monoisotopic (exact) mass is 303 g/mol. The van der Waals surface area contributed by atoms with Gasteiger partial charge in [0.05, 0.1) is 12.2 Å². The third-order valence-corrected chi connectivity index (χ3v) is 3.03. The number of alkyl halides is 3. The second-order valence-corrected chi connectivity index (χ2v) is 5.24. The number of halogens is 3. The lowest BCUT2D eigenvalue weighted by atomic mass is 10.1. The number of hydrogen-bond donors (Lipinski definition) is 1. The molecule has 1 amide bonds. The number of carbonyl (C=O) groups is 1. The van der Waals surface area contributed by atoms with Crippen molar-refractivity contribution in [3.8, 4) is 0 Å². The highest BCUT2D eigenvalue weighted by molar-refractivity contribution is 5.94. The number of ether oxygens (including phenoxy) is 2. The van der Waals surface area contributed by atoms with Crippen LogP contribution in [0, 0.1) is 0 Å². The largest absolute Gasteiger partial charge is 0.416 e. The van der Waals surface area contributed by atoms with Crippen LogP contribution in [0.15, 0.2) is 24.3 Å². The Balaban J connectivity index is 1.89. The number of carbonyl (C=O) groups excluding carboxylic acids is 1. The molecule has 1 aromatic rings. The molecule has 1 aromatic carbocycles. The standard InChI is InChI=1S/C14H16F3NO3/c1-13(2)20-8-11(21-13)7-18-12(19)9-3-5-10(6-4-9)14(15,16)17/h3-6,11H,7-8H2,1-2H3,(H,18,19). The fourth-order valence-electron chi connectivity index (χ4n) is 1.98. The molecule has 1 N–H and O–H groups in total. The summed E-state index contributed by atoms with van der Waals surface area (Å²) in [5.74, 6) is -1.12. The van der Waals surface area contributed by atoms with Crippen LogP contribution in [0.4, 0.5) is 13.2 Å². The summed E-state index contributed by atoms with van der Waals surface area (Å²) < 4.78 is 48.1. The van der Waals surface area contributed by atoms with Crippen molar-refractivity contribution in [2.45, 2.75) is 31.9 Å². The molecule has 1 aliphatic rings. The van der Waals surface area contributed by atoms with Gasteiger partial charge in [0, 0.05) is 12.1 Å². The quantitative estimate of drug-likeness (QED) is 0.933. The molecule has 0 spiro atoms. The van der Waals surface area contributed by atoms with Crippen LogP contribution in [0.2, 0.25) is 0 Å². The van der Waals surface area contributed by atoms with Gasteiger partial charge in [0.2, 0.25) is 0 Å². The first-order chi connectivity index (χ1) is 9.67. The smallest absolute Gasteiger partial charge is 0.349 e. The van der Waals surface area contributed by atoms with E-state index in [0.29, 0.717) is 6.61 Å². The normalized spacial score (nSPS) is 21.3. The summed E-state index contributed by atoms with van der Waals surface area (Å²) in [5, 5.41) is 2.61. The Bertz CT molecular complexity index is 511. The van der Waals surface area contributed by atoms with Gasteiger partial charge in [-0.3, -0.25) is 4.79 Å². The van der Waals surface area contributed by atoms with Gasteiger partial charge in [0.1, 0.15) is 6.10 Å². The average molecular weight is 303 g/mol. The van der Waals surface area contributed by atoms with Gasteiger partial charge >= 0.3 is 6.18 Å². The van der Waals surface area contributed by atoms with E-state index in [9.17, 15) is 18.0 Å². The maximum Gasteiger partial charge on any atom is 0.416 e. The van der Waals surface area contributed by atoms with Crippen molar-refractivity contribution >= 4 is 5.91 Å². The topological polar surface area (TPSA) is 47.6 Å². The predicted octanol–water partition coefficient (Wildman–Crippen LogP) is 2.59. The molecule has 1 fully saturated rings. The van der Waals surface area contributed by atoms with Gasteiger partial charge in [-0.25, -0.2) is 0 Å². The van der Waals surface area contributed by atoms with Crippen LogP contribution in [0.1, 0.15) is 29.8 Å². The SMILES string of the molecule is CC1(C)OCC(CNC(=O)c2ccc(C(F)(F)F)cc2)O1. The van der Waals surface area contributed by atoms with E-state index in [1.807, 2.05) is 0 Å². The van der Waals surface area contributed by atoms with E-state index < -0.39 is 23.4 Å². The summed E-state index contributed by atoms with van der Waals surface area (Å²) in [6, 6.07) is 4.06. The van der Waals surface area contributed by atoms with Gasteiger partial charge in [-0.05, 0) is 38.1 Å². The Morgan fingerprint density at radius 2 is 1.95 bits per heavy atom. The molecule has 21 heavy (non-hydrogen) atoms. The number of amides is 1. The van der Waals surface area contributed by atoms with Crippen molar-refractivity contribution < 1.29 is 27.4 Å². The molecule has 1 saturated heterocycles. The molecular formula is C14H16F3NO3. The second kappa shape index (κ2) is 5.65. The van der Waals surface area contributed by atoms with Crippen molar-refractivity contribution in [1.29, 1.82) is 0 Å². The van der Waals surface area contributed by atoms with Crippen molar-refractivity contribution in [2.24, 2.45) is 0 Å². The van der Waals surface area contributed by atoms with E-state index in [2.05, 4.69) is 5.32 Å². The number of nitrogens with one attached hydrogen (secondary N) is 1. The third kappa shape index (κ3) is 4.18. The summed E-state index contributed by atoms with van der Waals surface area (Å²) in [4.78, 5) is 11.8. The zero-order valence-corrected chi connectivity index (χ0v) is 11.7. The van der Waals surface area contributed by atoms with Gasteiger partial charge in [-0.15, -0.1) is 0 Å². The molecule has 0 radical (unpaired) electrons. The van der Waals surface area contributed by atoms with Gasteiger partial charge < -0.3 is 14.8 Å². The van der Waals surface area contributed by atoms with E-state index in [0.717, 1.165) is 24.3 Å². The fourth-order valence-corrected chi connectivity index (χ4v) is 1.98. The highest BCUT2D eigenvalue weighted by atomic mass is 19.4. The molecule has 7 heteroatoms. The highest BCUT2D eigenvalue weighted by Crippen LogP contribution is 2.29. The Kier molecular flexibility index (Phi) is 4.25. The molecule has 2 rings (SSSR count). The van der Waals surface area contributed by atoms with Crippen LogP contribution in [-0.4, -0.2) is 30.9 Å². The highest BCUT2D eigenvalue weighted by Gasteiger charge is 2.33. The molecule has 0 aliphatic carbocycles. The summed E-state index contributed by atoms with van der Waals surface area (Å²) in [5.41, 5.74) is -0.616. The lowest BCUT2D eigenvalue weighted by molar-refractivity contribution is -0.138. The van der Waals surface area contributed by atoms with Crippen molar-refractivity contribution in [1.82, 2.24) is 5.32 Å². The second-order valence-electron chi connectivity index (χ2n) is 5.24. The fraction of sp³-hybridized carbons (Fsp3) is 0.500. The van der Waals surface area contributed by atoms with Crippen molar-refractivity contribution in [3.63, 3.8) is 0 Å². The van der Waals surface area contributed by atoms with Gasteiger partial charge in [0.25, 0.3) is 5.91 Å². The Hall–Kier alpha value is -1.60. The Morgan fingerprint density at radius 3 is 2.43 bits per heavy atom. The molecule has 116 valence electrons. The van der Waals surface area contributed by atoms with Crippen LogP contribution in [0.5, 0.6) is 0 Å². The van der Waals surface area contributed by atoms with Gasteiger partial charge in [-0.1, -0.05) is 0 Å². The molecule has 0 bridgehead atoms. The summed E-state index contributed by atoms with van der Waals surface area (Å²) in [6.45, 7) is 4.14. The number of benzene rings is 1. The lowest BCUT2D eigenvalue weighted by Gasteiger charge is -2.17. The summed E-state index contributed by atoms with van der Waals surface area (Å²) in [7, 11) is 0. The molecule has 4 nitrogen and oxygen atoms in total. The van der Waals surface area contributed by atoms with Crippen LogP contribution < -0.4 is 5.32 Å². The predicted molar refractivity (Wildman–Crippen MR) is 68.7 cm³/mol. The van der Waals surface area contributed by atoms with Gasteiger partial charge in [0.15, 0.2) is 5.79 Å². The molecule has 1 heterocycles. The third-order valence-electron chi connectivity index (χ3n) is 3.03. The van der Waals surface area contributed by atoms with Crippen molar-refractivity contribution in [2.75, 3.05) is 13.2 Å². The minimum Gasteiger partial charge on any atom is -0.349 e. The maximum atomic E-state index is 12.4. The zero-order chi connectivity index (χ0) is 15.7. The minimum atomic E-state index is -4.41. The minimum absolute atomic E-state index is 0.168. The Morgan fingerprint density at radius 1 is 1.33 bits per heavy atom. The van der Waals surface area contributed by atoms with E-state index >= 15 is 0 Å². The molecule has 1 unspecified atom stereocenters. The summed E-state index contributed by atoms with van der Waals surface area (Å²) >= 11 is 0. The van der Waals surface area contributed by atoms with E-state index in [-0.39, 0.29) is 18.2 Å². The number of hydrogen-bond acceptors (Lipinski definition) is 3. The Labute approximate surface area is 120 Å².